The van der Waals surface area contributed by atoms with E-state index >= 15 is 0 Å². The van der Waals surface area contributed by atoms with Gasteiger partial charge in [-0.2, -0.15) is 0 Å². The summed E-state index contributed by atoms with van der Waals surface area (Å²) in [4.78, 5) is 16.7. The fraction of sp³-hybridized carbons (Fsp3) is 0.476. The molecule has 1 saturated heterocycles. The average molecular weight is 436 g/mol. The second-order valence-corrected chi connectivity index (χ2v) is 10.8. The Morgan fingerprint density at radius 3 is 2.52 bits per heavy atom. The van der Waals surface area contributed by atoms with E-state index in [1.54, 1.807) is 24.3 Å². The van der Waals surface area contributed by atoms with Crippen molar-refractivity contribution in [1.82, 2.24) is 14.5 Å². The highest BCUT2D eigenvalue weighted by atomic mass is 32.2. The monoisotopic (exact) mass is 435 g/mol. The smallest absolute Gasteiger partial charge is 0.251 e. The van der Waals surface area contributed by atoms with Gasteiger partial charge in [-0.3, -0.25) is 9.69 Å². The molecule has 1 aliphatic heterocycles. The number of hydrogen-bond donors (Lipinski definition) is 1. The molecule has 3 rings (SSSR count). The van der Waals surface area contributed by atoms with Crippen LogP contribution < -0.4 is 5.32 Å². The van der Waals surface area contributed by atoms with Gasteiger partial charge in [0.2, 0.25) is 10.0 Å². The number of thiophene rings is 1. The normalized spacial score (nSPS) is 16.3. The number of nitrogens with zero attached hydrogens (tertiary/aromatic N) is 2. The Balaban J connectivity index is 1.82. The molecule has 0 spiro atoms. The van der Waals surface area contributed by atoms with Crippen molar-refractivity contribution in [2.45, 2.75) is 37.6 Å². The molecule has 1 amide bonds. The van der Waals surface area contributed by atoms with Crippen LogP contribution in [0.1, 0.15) is 45.2 Å². The summed E-state index contributed by atoms with van der Waals surface area (Å²) in [6, 6.07) is 7.54. The van der Waals surface area contributed by atoms with Crippen molar-refractivity contribution in [2.24, 2.45) is 0 Å². The minimum Gasteiger partial charge on any atom is -0.350 e. The van der Waals surface area contributed by atoms with Crippen LogP contribution in [-0.4, -0.2) is 57.3 Å². The number of hydrogen-bond acceptors (Lipinski definition) is 5. The van der Waals surface area contributed by atoms with Gasteiger partial charge in [0.15, 0.2) is 0 Å². The van der Waals surface area contributed by atoms with Crippen LogP contribution in [0.5, 0.6) is 0 Å². The van der Waals surface area contributed by atoms with Crippen LogP contribution in [0.2, 0.25) is 0 Å². The van der Waals surface area contributed by atoms with Crippen LogP contribution in [0, 0.1) is 13.8 Å². The molecule has 0 saturated carbocycles. The molecule has 8 heteroatoms. The van der Waals surface area contributed by atoms with Crippen molar-refractivity contribution in [1.29, 1.82) is 0 Å². The van der Waals surface area contributed by atoms with E-state index < -0.39 is 10.0 Å². The van der Waals surface area contributed by atoms with E-state index in [0.717, 1.165) is 18.7 Å². The van der Waals surface area contributed by atoms with Gasteiger partial charge >= 0.3 is 0 Å². The standard InChI is InChI=1S/C21H29N3O3S2/c1-15-12-17(13-20(16(15)2)29(26,27)23(3)4)21(25)22-14-18(19-8-7-11-28-19)24-9-5-6-10-24/h7-8,11-13,18H,5-6,9-10,14H2,1-4H3,(H,22,25). The van der Waals surface area contributed by atoms with Crippen molar-refractivity contribution in [3.63, 3.8) is 0 Å². The number of aryl methyl sites for hydroxylation is 1. The topological polar surface area (TPSA) is 69.7 Å². The van der Waals surface area contributed by atoms with Crippen LogP contribution in [0.15, 0.2) is 34.5 Å². The first-order chi connectivity index (χ1) is 13.7. The first-order valence-corrected chi connectivity index (χ1v) is 12.1. The lowest BCUT2D eigenvalue weighted by Crippen LogP contribution is -2.36. The Hall–Kier alpha value is -1.74. The van der Waals surface area contributed by atoms with Gasteiger partial charge in [-0.15, -0.1) is 11.3 Å². The number of sulfonamides is 1. The highest BCUT2D eigenvalue weighted by Gasteiger charge is 2.26. The number of carbonyl (C=O) groups is 1. The molecule has 6 nitrogen and oxygen atoms in total. The summed E-state index contributed by atoms with van der Waals surface area (Å²) in [5.41, 5.74) is 1.83. The van der Waals surface area contributed by atoms with Crippen molar-refractivity contribution in [3.05, 3.63) is 51.2 Å². The Morgan fingerprint density at radius 2 is 1.93 bits per heavy atom. The summed E-state index contributed by atoms with van der Waals surface area (Å²) < 4.78 is 26.5. The Morgan fingerprint density at radius 1 is 1.24 bits per heavy atom. The predicted molar refractivity (Wildman–Crippen MR) is 117 cm³/mol. The van der Waals surface area contributed by atoms with Crippen molar-refractivity contribution in [3.8, 4) is 0 Å². The number of nitrogens with one attached hydrogen (secondary N) is 1. The Kier molecular flexibility index (Phi) is 6.78. The van der Waals surface area contributed by atoms with E-state index in [4.69, 9.17) is 0 Å². The molecule has 1 unspecified atom stereocenters. The van der Waals surface area contributed by atoms with Gasteiger partial charge in [0.1, 0.15) is 0 Å². The third-order valence-corrected chi connectivity index (χ3v) is 8.46. The molecular formula is C21H29N3O3S2. The number of rotatable bonds is 7. The lowest BCUT2D eigenvalue weighted by molar-refractivity contribution is 0.0938. The molecule has 1 aliphatic rings. The van der Waals surface area contributed by atoms with E-state index in [2.05, 4.69) is 21.7 Å². The van der Waals surface area contributed by atoms with Gasteiger partial charge < -0.3 is 5.32 Å². The van der Waals surface area contributed by atoms with E-state index in [1.807, 2.05) is 13.0 Å². The van der Waals surface area contributed by atoms with E-state index in [1.165, 1.54) is 42.2 Å². The molecule has 29 heavy (non-hydrogen) atoms. The molecule has 2 heterocycles. The van der Waals surface area contributed by atoms with Crippen molar-refractivity contribution >= 4 is 27.3 Å². The molecule has 0 radical (unpaired) electrons. The first-order valence-electron chi connectivity index (χ1n) is 9.81. The van der Waals surface area contributed by atoms with Crippen molar-refractivity contribution in [2.75, 3.05) is 33.7 Å². The summed E-state index contributed by atoms with van der Waals surface area (Å²) in [6.45, 7) is 6.18. The van der Waals surface area contributed by atoms with Crippen LogP contribution >= 0.6 is 11.3 Å². The molecule has 2 aromatic rings. The summed E-state index contributed by atoms with van der Waals surface area (Å²) in [6.07, 6.45) is 2.36. The fourth-order valence-electron chi connectivity index (χ4n) is 3.66. The molecule has 1 atom stereocenters. The molecule has 0 bridgehead atoms. The maximum absolute atomic E-state index is 12.9. The largest absolute Gasteiger partial charge is 0.350 e. The maximum atomic E-state index is 12.9. The molecule has 1 aromatic heterocycles. The highest BCUT2D eigenvalue weighted by molar-refractivity contribution is 7.89. The number of carbonyl (C=O) groups excluding carboxylic acids is 1. The predicted octanol–water partition coefficient (Wildman–Crippen LogP) is 3.18. The summed E-state index contributed by atoms with van der Waals surface area (Å²) in [7, 11) is -0.622. The van der Waals surface area contributed by atoms with Crippen LogP contribution in [0.25, 0.3) is 0 Å². The first kappa shape index (κ1) is 22.0. The quantitative estimate of drug-likeness (QED) is 0.725. The highest BCUT2D eigenvalue weighted by Crippen LogP contribution is 2.28. The SMILES string of the molecule is Cc1cc(C(=O)NCC(c2cccs2)N2CCCC2)cc(S(=O)(=O)N(C)C)c1C. The number of likely N-dealkylation sites (tertiary alicyclic amines) is 1. The summed E-state index contributed by atoms with van der Waals surface area (Å²) in [5.74, 6) is -0.246. The lowest BCUT2D eigenvalue weighted by atomic mass is 10.1. The minimum absolute atomic E-state index is 0.151. The third-order valence-electron chi connectivity index (χ3n) is 5.55. The average Bonchev–Trinajstić information content (AvgIpc) is 3.38. The summed E-state index contributed by atoms with van der Waals surface area (Å²) in [5, 5.41) is 5.09. The van der Waals surface area contributed by atoms with Gasteiger partial charge in [-0.05, 0) is 74.5 Å². The number of amides is 1. The number of benzene rings is 1. The van der Waals surface area contributed by atoms with E-state index in [-0.39, 0.29) is 16.8 Å². The van der Waals surface area contributed by atoms with Gasteiger partial charge in [0, 0.05) is 31.1 Å². The minimum atomic E-state index is -3.62. The zero-order valence-corrected chi connectivity index (χ0v) is 19.1. The van der Waals surface area contributed by atoms with Crippen molar-refractivity contribution < 1.29 is 13.2 Å². The van der Waals surface area contributed by atoms with Gasteiger partial charge in [0.05, 0.1) is 10.9 Å². The van der Waals surface area contributed by atoms with Gasteiger partial charge in [-0.25, -0.2) is 12.7 Å². The maximum Gasteiger partial charge on any atom is 0.251 e. The second kappa shape index (κ2) is 8.95. The third kappa shape index (κ3) is 4.71. The molecule has 158 valence electrons. The van der Waals surface area contributed by atoms with Gasteiger partial charge in [-0.1, -0.05) is 6.07 Å². The van der Waals surface area contributed by atoms with Gasteiger partial charge in [0.25, 0.3) is 5.91 Å². The lowest BCUT2D eigenvalue weighted by Gasteiger charge is -2.27. The zero-order valence-electron chi connectivity index (χ0n) is 17.4. The molecule has 1 aromatic carbocycles. The molecular weight excluding hydrogens is 406 g/mol. The van der Waals surface area contributed by atoms with Crippen LogP contribution in [-0.2, 0) is 10.0 Å². The zero-order chi connectivity index (χ0) is 21.2. The molecule has 1 N–H and O–H groups in total. The molecule has 1 fully saturated rings. The van der Waals surface area contributed by atoms with E-state index in [0.29, 0.717) is 17.7 Å². The summed E-state index contributed by atoms with van der Waals surface area (Å²) >= 11 is 1.70. The van der Waals surface area contributed by atoms with Crippen LogP contribution in [0.3, 0.4) is 0 Å². The molecule has 0 aliphatic carbocycles. The second-order valence-electron chi connectivity index (χ2n) is 7.69. The van der Waals surface area contributed by atoms with Crippen LogP contribution in [0.4, 0.5) is 0 Å². The van der Waals surface area contributed by atoms with E-state index in [9.17, 15) is 13.2 Å². The fourth-order valence-corrected chi connectivity index (χ4v) is 5.74. The Bertz CT molecular complexity index is 963. The Labute approximate surface area is 177 Å².